The number of anilines is 2. The molecule has 0 atom stereocenters. The Kier molecular flexibility index (Phi) is 3.56. The Labute approximate surface area is 108 Å². The van der Waals surface area contributed by atoms with Crippen LogP contribution in [0.3, 0.4) is 0 Å². The summed E-state index contributed by atoms with van der Waals surface area (Å²) in [7, 11) is 0. The van der Waals surface area contributed by atoms with Crippen LogP contribution in [0.5, 0.6) is 0 Å². The number of benzene rings is 1. The summed E-state index contributed by atoms with van der Waals surface area (Å²) in [5.74, 6) is -1.44. The van der Waals surface area contributed by atoms with Crippen molar-refractivity contribution in [3.05, 3.63) is 58.0 Å². The Hall–Kier alpha value is -2.70. The van der Waals surface area contributed by atoms with Crippen molar-refractivity contribution in [1.82, 2.24) is 4.98 Å². The molecule has 0 radical (unpaired) electrons. The Morgan fingerprint density at radius 1 is 1.37 bits per heavy atom. The van der Waals surface area contributed by atoms with E-state index in [9.17, 15) is 14.5 Å². The van der Waals surface area contributed by atoms with E-state index < -0.39 is 22.2 Å². The topological polar surface area (TPSA) is 94.1 Å². The summed E-state index contributed by atoms with van der Waals surface area (Å²) < 4.78 is 13.9. The van der Waals surface area contributed by atoms with Gasteiger partial charge < -0.3 is 11.1 Å². The molecule has 0 unspecified atom stereocenters. The van der Waals surface area contributed by atoms with Crippen molar-refractivity contribution in [3.8, 4) is 0 Å². The highest BCUT2D eigenvalue weighted by Crippen LogP contribution is 2.28. The van der Waals surface area contributed by atoms with Gasteiger partial charge in [0.25, 0.3) is 0 Å². The monoisotopic (exact) mass is 262 g/mol. The third-order valence-electron chi connectivity index (χ3n) is 2.53. The first kappa shape index (κ1) is 12.7. The molecule has 0 aliphatic rings. The van der Waals surface area contributed by atoms with Gasteiger partial charge in [-0.15, -0.1) is 0 Å². The number of hydrogen-bond donors (Lipinski definition) is 2. The van der Waals surface area contributed by atoms with E-state index in [-0.39, 0.29) is 5.69 Å². The third-order valence-corrected chi connectivity index (χ3v) is 2.53. The molecule has 2 aromatic rings. The number of nitrogens with two attached hydrogens (primary N) is 1. The molecular formula is C12H11FN4O2. The lowest BCUT2D eigenvalue weighted by Gasteiger charge is -2.08. The molecule has 0 amide bonds. The minimum Gasteiger partial charge on any atom is -0.378 e. The van der Waals surface area contributed by atoms with Crippen molar-refractivity contribution in [2.75, 3.05) is 11.1 Å². The Morgan fingerprint density at radius 3 is 2.68 bits per heavy atom. The highest BCUT2D eigenvalue weighted by Gasteiger charge is 2.23. The normalized spacial score (nSPS) is 10.2. The van der Waals surface area contributed by atoms with Gasteiger partial charge in [-0.1, -0.05) is 30.3 Å². The Morgan fingerprint density at radius 2 is 2.05 bits per heavy atom. The molecule has 1 aromatic carbocycles. The van der Waals surface area contributed by atoms with E-state index in [4.69, 9.17) is 5.73 Å². The van der Waals surface area contributed by atoms with Gasteiger partial charge >= 0.3 is 5.69 Å². The van der Waals surface area contributed by atoms with Crippen LogP contribution in [0.1, 0.15) is 5.56 Å². The zero-order chi connectivity index (χ0) is 13.8. The van der Waals surface area contributed by atoms with Crippen molar-refractivity contribution < 1.29 is 9.31 Å². The van der Waals surface area contributed by atoms with Gasteiger partial charge in [0.05, 0.1) is 16.8 Å². The van der Waals surface area contributed by atoms with Gasteiger partial charge in [0.2, 0.25) is 11.6 Å². The summed E-state index contributed by atoms with van der Waals surface area (Å²) in [6, 6.07) is 9.25. The second kappa shape index (κ2) is 5.30. The van der Waals surface area contributed by atoms with Crippen molar-refractivity contribution in [2.24, 2.45) is 0 Å². The highest BCUT2D eigenvalue weighted by atomic mass is 19.1. The molecule has 19 heavy (non-hydrogen) atoms. The number of nitrogens with one attached hydrogen (secondary N) is 1. The zero-order valence-corrected chi connectivity index (χ0v) is 9.84. The average Bonchev–Trinajstić information content (AvgIpc) is 2.38. The van der Waals surface area contributed by atoms with Crippen LogP contribution in [0.4, 0.5) is 21.6 Å². The molecule has 7 heteroatoms. The van der Waals surface area contributed by atoms with E-state index in [1.807, 2.05) is 30.3 Å². The van der Waals surface area contributed by atoms with Gasteiger partial charge in [-0.2, -0.15) is 4.39 Å². The maximum atomic E-state index is 13.9. The maximum Gasteiger partial charge on any atom is 0.348 e. The predicted octanol–water partition coefficient (Wildman–Crippen LogP) is 2.32. The van der Waals surface area contributed by atoms with Gasteiger partial charge in [0, 0.05) is 6.54 Å². The molecule has 0 saturated heterocycles. The highest BCUT2D eigenvalue weighted by molar-refractivity contribution is 5.61. The number of hydrogen-bond acceptors (Lipinski definition) is 5. The molecule has 0 aliphatic carbocycles. The van der Waals surface area contributed by atoms with E-state index in [1.54, 1.807) is 0 Å². The van der Waals surface area contributed by atoms with E-state index in [1.165, 1.54) is 0 Å². The number of nitro groups is 1. The summed E-state index contributed by atoms with van der Waals surface area (Å²) in [5, 5.41) is 13.4. The van der Waals surface area contributed by atoms with Gasteiger partial charge in [-0.3, -0.25) is 10.1 Å². The lowest BCUT2D eigenvalue weighted by atomic mass is 10.2. The van der Waals surface area contributed by atoms with Crippen LogP contribution in [0, 0.1) is 15.9 Å². The summed E-state index contributed by atoms with van der Waals surface area (Å²) in [5.41, 5.74) is 5.34. The fourth-order valence-corrected chi connectivity index (χ4v) is 1.58. The molecule has 0 bridgehead atoms. The molecule has 2 rings (SSSR count). The van der Waals surface area contributed by atoms with Crippen LogP contribution in [0.15, 0.2) is 36.5 Å². The first-order chi connectivity index (χ1) is 9.09. The van der Waals surface area contributed by atoms with Crippen LogP contribution in [0.25, 0.3) is 0 Å². The van der Waals surface area contributed by atoms with Crippen LogP contribution >= 0.6 is 0 Å². The first-order valence-electron chi connectivity index (χ1n) is 5.45. The maximum absolute atomic E-state index is 13.9. The van der Waals surface area contributed by atoms with Crippen LogP contribution in [-0.4, -0.2) is 9.91 Å². The summed E-state index contributed by atoms with van der Waals surface area (Å²) in [4.78, 5) is 13.4. The summed E-state index contributed by atoms with van der Waals surface area (Å²) >= 11 is 0. The second-order valence-corrected chi connectivity index (χ2v) is 3.82. The molecule has 1 heterocycles. The standard InChI is InChI=1S/C12H11FN4O2/c13-10-9(7-16-12(14)11(10)17(18)19)15-6-8-4-2-1-3-5-8/h1-5,7,15H,6H2,(H2,14,16). The van der Waals surface area contributed by atoms with Gasteiger partial charge in [0.15, 0.2) is 0 Å². The number of nitrogens with zero attached hydrogens (tertiary/aromatic N) is 2. The molecule has 0 saturated carbocycles. The Balaban J connectivity index is 2.22. The molecule has 0 spiro atoms. The predicted molar refractivity (Wildman–Crippen MR) is 69.0 cm³/mol. The average molecular weight is 262 g/mol. The Bertz CT molecular complexity index is 604. The molecule has 0 fully saturated rings. The molecule has 98 valence electrons. The van der Waals surface area contributed by atoms with E-state index >= 15 is 0 Å². The van der Waals surface area contributed by atoms with Gasteiger partial charge in [-0.05, 0) is 5.56 Å². The summed E-state index contributed by atoms with van der Waals surface area (Å²) in [6.07, 6.45) is 1.14. The zero-order valence-electron chi connectivity index (χ0n) is 9.84. The van der Waals surface area contributed by atoms with E-state index in [0.29, 0.717) is 6.54 Å². The van der Waals surface area contributed by atoms with Gasteiger partial charge in [0.1, 0.15) is 0 Å². The number of aromatic nitrogens is 1. The minimum absolute atomic E-state index is 0.0512. The molecule has 3 N–H and O–H groups in total. The number of rotatable bonds is 4. The fraction of sp³-hybridized carbons (Fsp3) is 0.0833. The molecule has 6 nitrogen and oxygen atoms in total. The SMILES string of the molecule is Nc1ncc(NCc2ccccc2)c(F)c1[N+](=O)[O-]. The molecule has 0 aliphatic heterocycles. The van der Waals surface area contributed by atoms with Gasteiger partial charge in [-0.25, -0.2) is 4.98 Å². The first-order valence-corrected chi connectivity index (χ1v) is 5.45. The molecule has 1 aromatic heterocycles. The third kappa shape index (κ3) is 2.76. The van der Waals surface area contributed by atoms with Crippen LogP contribution < -0.4 is 11.1 Å². The van der Waals surface area contributed by atoms with Crippen molar-refractivity contribution >= 4 is 17.2 Å². The lowest BCUT2D eigenvalue weighted by Crippen LogP contribution is -2.07. The summed E-state index contributed by atoms with van der Waals surface area (Å²) in [6.45, 7) is 0.334. The van der Waals surface area contributed by atoms with Crippen molar-refractivity contribution in [3.63, 3.8) is 0 Å². The van der Waals surface area contributed by atoms with Crippen LogP contribution in [-0.2, 0) is 6.54 Å². The second-order valence-electron chi connectivity index (χ2n) is 3.82. The number of halogens is 1. The van der Waals surface area contributed by atoms with Crippen LogP contribution in [0.2, 0.25) is 0 Å². The fourth-order valence-electron chi connectivity index (χ4n) is 1.58. The van der Waals surface area contributed by atoms with Crippen molar-refractivity contribution in [1.29, 1.82) is 0 Å². The smallest absolute Gasteiger partial charge is 0.348 e. The largest absolute Gasteiger partial charge is 0.378 e. The number of pyridine rings is 1. The lowest BCUT2D eigenvalue weighted by molar-refractivity contribution is -0.386. The van der Waals surface area contributed by atoms with Crippen molar-refractivity contribution in [2.45, 2.75) is 6.54 Å². The van der Waals surface area contributed by atoms with E-state index in [2.05, 4.69) is 10.3 Å². The minimum atomic E-state index is -1.01. The number of nitrogen functional groups attached to an aromatic ring is 1. The quantitative estimate of drug-likeness (QED) is 0.651. The van der Waals surface area contributed by atoms with E-state index in [0.717, 1.165) is 11.8 Å². The molecular weight excluding hydrogens is 251 g/mol.